The Bertz CT molecular complexity index is 802. The zero-order valence-electron chi connectivity index (χ0n) is 14.6. The fourth-order valence-corrected chi connectivity index (χ4v) is 3.36. The molecule has 0 saturated carbocycles. The molecule has 0 amide bonds. The van der Waals surface area contributed by atoms with Crippen molar-refractivity contribution in [3.05, 3.63) is 59.2 Å². The van der Waals surface area contributed by atoms with Crippen molar-refractivity contribution in [3.63, 3.8) is 0 Å². The van der Waals surface area contributed by atoms with Crippen molar-refractivity contribution in [2.24, 2.45) is 11.1 Å². The molecule has 0 atom stereocenters. The number of aliphatic hydroxyl groups is 1. The first kappa shape index (κ1) is 19.4. The van der Waals surface area contributed by atoms with Crippen LogP contribution in [-0.2, 0) is 23.1 Å². The second kappa shape index (κ2) is 8.47. The Morgan fingerprint density at radius 2 is 1.80 bits per heavy atom. The van der Waals surface area contributed by atoms with Gasteiger partial charge in [0, 0.05) is 12.0 Å². The molecule has 0 aliphatic rings. The number of sulfonamides is 1. The van der Waals surface area contributed by atoms with Crippen LogP contribution >= 0.6 is 0 Å². The Balaban J connectivity index is 2.49. The van der Waals surface area contributed by atoms with E-state index in [1.807, 2.05) is 30.3 Å². The summed E-state index contributed by atoms with van der Waals surface area (Å²) in [5.74, 6) is 0.927. The minimum absolute atomic E-state index is 0.00227. The van der Waals surface area contributed by atoms with E-state index < -0.39 is 10.0 Å². The second-order valence-corrected chi connectivity index (χ2v) is 8.00. The molecular formula is C19H25NO4S. The lowest BCUT2D eigenvalue weighted by Gasteiger charge is -2.17. The zero-order chi connectivity index (χ0) is 18.4. The van der Waals surface area contributed by atoms with Gasteiger partial charge in [-0.05, 0) is 35.6 Å². The van der Waals surface area contributed by atoms with Crippen molar-refractivity contribution in [2.75, 3.05) is 6.61 Å². The Labute approximate surface area is 149 Å². The molecule has 3 N–H and O–H groups in total. The molecule has 0 saturated heterocycles. The first-order chi connectivity index (χ1) is 11.8. The zero-order valence-corrected chi connectivity index (χ0v) is 15.4. The summed E-state index contributed by atoms with van der Waals surface area (Å²) in [6.45, 7) is 4.37. The highest BCUT2D eigenvalue weighted by Crippen LogP contribution is 2.30. The van der Waals surface area contributed by atoms with Gasteiger partial charge in [-0.3, -0.25) is 0 Å². The SMILES string of the molecule is CC(C)CCOc1cc(CO)cc(S(N)(=O)=O)c1Cc1ccccc1. The summed E-state index contributed by atoms with van der Waals surface area (Å²) in [7, 11) is -3.94. The van der Waals surface area contributed by atoms with Gasteiger partial charge in [-0.15, -0.1) is 0 Å². The van der Waals surface area contributed by atoms with Gasteiger partial charge < -0.3 is 9.84 Å². The summed E-state index contributed by atoms with van der Waals surface area (Å²) >= 11 is 0. The molecule has 0 fully saturated rings. The summed E-state index contributed by atoms with van der Waals surface area (Å²) in [6, 6.07) is 12.6. The van der Waals surface area contributed by atoms with Gasteiger partial charge >= 0.3 is 0 Å². The largest absolute Gasteiger partial charge is 0.493 e. The Hall–Kier alpha value is -1.89. The highest BCUT2D eigenvalue weighted by atomic mass is 32.2. The molecule has 25 heavy (non-hydrogen) atoms. The van der Waals surface area contributed by atoms with Gasteiger partial charge in [-0.2, -0.15) is 0 Å². The third kappa shape index (κ3) is 5.56. The van der Waals surface area contributed by atoms with Crippen LogP contribution in [-0.4, -0.2) is 20.1 Å². The number of rotatable bonds is 8. The predicted octanol–water partition coefficient (Wildman–Crippen LogP) is 2.84. The van der Waals surface area contributed by atoms with Gasteiger partial charge in [-0.25, -0.2) is 13.6 Å². The molecule has 6 heteroatoms. The van der Waals surface area contributed by atoms with Crippen molar-refractivity contribution in [3.8, 4) is 5.75 Å². The number of hydrogen-bond acceptors (Lipinski definition) is 4. The van der Waals surface area contributed by atoms with E-state index in [0.29, 0.717) is 35.8 Å². The lowest BCUT2D eigenvalue weighted by atomic mass is 10.0. The number of hydrogen-bond donors (Lipinski definition) is 2. The molecule has 0 heterocycles. The molecule has 0 aliphatic carbocycles. The van der Waals surface area contributed by atoms with E-state index in [0.717, 1.165) is 12.0 Å². The van der Waals surface area contributed by atoms with Crippen LogP contribution in [0.4, 0.5) is 0 Å². The Kier molecular flexibility index (Phi) is 6.58. The second-order valence-electron chi connectivity index (χ2n) is 6.47. The molecule has 2 aromatic rings. The number of aliphatic hydroxyl groups excluding tert-OH is 1. The quantitative estimate of drug-likeness (QED) is 0.755. The maximum atomic E-state index is 12.1. The van der Waals surface area contributed by atoms with E-state index in [4.69, 9.17) is 9.88 Å². The predicted molar refractivity (Wildman–Crippen MR) is 97.9 cm³/mol. The summed E-state index contributed by atoms with van der Waals surface area (Å²) in [4.78, 5) is 0.00227. The van der Waals surface area contributed by atoms with E-state index in [1.165, 1.54) is 6.07 Å². The van der Waals surface area contributed by atoms with Crippen LogP contribution in [0.25, 0.3) is 0 Å². The maximum absolute atomic E-state index is 12.1. The van der Waals surface area contributed by atoms with E-state index in [1.54, 1.807) is 6.07 Å². The third-order valence-electron chi connectivity index (χ3n) is 3.89. The molecule has 0 aromatic heterocycles. The van der Waals surface area contributed by atoms with Crippen LogP contribution < -0.4 is 9.88 Å². The molecule has 0 radical (unpaired) electrons. The first-order valence-electron chi connectivity index (χ1n) is 8.27. The van der Waals surface area contributed by atoms with E-state index in [9.17, 15) is 13.5 Å². The molecule has 2 aromatic carbocycles. The summed E-state index contributed by atoms with van der Waals surface area (Å²) in [5, 5.41) is 14.9. The van der Waals surface area contributed by atoms with Gasteiger partial charge in [-0.1, -0.05) is 44.2 Å². The minimum atomic E-state index is -3.94. The Morgan fingerprint density at radius 1 is 1.12 bits per heavy atom. The monoisotopic (exact) mass is 363 g/mol. The van der Waals surface area contributed by atoms with Crippen molar-refractivity contribution in [1.82, 2.24) is 0 Å². The molecular weight excluding hydrogens is 338 g/mol. The molecule has 2 rings (SSSR count). The topological polar surface area (TPSA) is 89.6 Å². The van der Waals surface area contributed by atoms with Crippen molar-refractivity contribution in [1.29, 1.82) is 0 Å². The van der Waals surface area contributed by atoms with Crippen LogP contribution in [0.3, 0.4) is 0 Å². The summed E-state index contributed by atoms with van der Waals surface area (Å²) in [5.41, 5.74) is 1.94. The number of nitrogens with two attached hydrogens (primary N) is 1. The molecule has 0 unspecified atom stereocenters. The van der Waals surface area contributed by atoms with Crippen LogP contribution in [0.5, 0.6) is 5.75 Å². The van der Waals surface area contributed by atoms with Crippen molar-refractivity contribution < 1.29 is 18.3 Å². The van der Waals surface area contributed by atoms with E-state index >= 15 is 0 Å². The van der Waals surface area contributed by atoms with Gasteiger partial charge in [0.25, 0.3) is 0 Å². The molecule has 0 aliphatic heterocycles. The van der Waals surface area contributed by atoms with E-state index in [-0.39, 0.29) is 11.5 Å². The van der Waals surface area contributed by atoms with Gasteiger partial charge in [0.2, 0.25) is 10.0 Å². The summed E-state index contributed by atoms with van der Waals surface area (Å²) in [6.07, 6.45) is 1.23. The fourth-order valence-electron chi connectivity index (χ4n) is 2.53. The van der Waals surface area contributed by atoms with Crippen LogP contribution in [0.15, 0.2) is 47.4 Å². The number of benzene rings is 2. The normalized spacial score (nSPS) is 11.7. The lowest BCUT2D eigenvalue weighted by Crippen LogP contribution is -2.17. The highest BCUT2D eigenvalue weighted by molar-refractivity contribution is 7.89. The van der Waals surface area contributed by atoms with Crippen LogP contribution in [0.2, 0.25) is 0 Å². The third-order valence-corrected chi connectivity index (χ3v) is 4.87. The lowest BCUT2D eigenvalue weighted by molar-refractivity contribution is 0.273. The number of ether oxygens (including phenoxy) is 1. The minimum Gasteiger partial charge on any atom is -0.493 e. The average Bonchev–Trinajstić information content (AvgIpc) is 2.55. The van der Waals surface area contributed by atoms with Crippen molar-refractivity contribution in [2.45, 2.75) is 38.2 Å². The average molecular weight is 363 g/mol. The van der Waals surface area contributed by atoms with Crippen LogP contribution in [0.1, 0.15) is 37.0 Å². The molecule has 136 valence electrons. The number of primary sulfonamides is 1. The van der Waals surface area contributed by atoms with Gasteiger partial charge in [0.15, 0.2) is 0 Å². The van der Waals surface area contributed by atoms with Crippen LogP contribution in [0, 0.1) is 5.92 Å². The highest BCUT2D eigenvalue weighted by Gasteiger charge is 2.20. The Morgan fingerprint density at radius 3 is 2.36 bits per heavy atom. The molecule has 0 spiro atoms. The van der Waals surface area contributed by atoms with Crippen molar-refractivity contribution >= 4 is 10.0 Å². The fraction of sp³-hybridized carbons (Fsp3) is 0.368. The molecule has 5 nitrogen and oxygen atoms in total. The molecule has 0 bridgehead atoms. The van der Waals surface area contributed by atoms with Gasteiger partial charge in [0.05, 0.1) is 18.1 Å². The smallest absolute Gasteiger partial charge is 0.238 e. The summed E-state index contributed by atoms with van der Waals surface area (Å²) < 4.78 is 30.0. The van der Waals surface area contributed by atoms with E-state index in [2.05, 4.69) is 13.8 Å². The first-order valence-corrected chi connectivity index (χ1v) is 9.82. The van der Waals surface area contributed by atoms with Gasteiger partial charge in [0.1, 0.15) is 5.75 Å². The standard InChI is InChI=1S/C19H25NO4S/c1-14(2)8-9-24-18-11-16(13-21)12-19(25(20,22)23)17(18)10-15-6-4-3-5-7-15/h3-7,11-12,14,21H,8-10,13H2,1-2H3,(H2,20,22,23). The maximum Gasteiger partial charge on any atom is 0.238 e.